The number of carbonyl (C=O) groups is 3. The lowest BCUT2D eigenvalue weighted by atomic mass is 9.94. The summed E-state index contributed by atoms with van der Waals surface area (Å²) in [5.74, 6) is -1.07. The first-order valence-corrected chi connectivity index (χ1v) is 12.4. The quantitative estimate of drug-likeness (QED) is 0.512. The number of fused-ring (bicyclic) bond motifs is 1. The van der Waals surface area contributed by atoms with Crippen LogP contribution in [-0.2, 0) is 16.1 Å². The highest BCUT2D eigenvalue weighted by molar-refractivity contribution is 6.31. The van der Waals surface area contributed by atoms with Crippen LogP contribution in [0.15, 0.2) is 24.5 Å². The van der Waals surface area contributed by atoms with E-state index in [2.05, 4.69) is 15.6 Å². The minimum atomic E-state index is -1.08. The van der Waals surface area contributed by atoms with Crippen LogP contribution in [0.2, 0.25) is 5.02 Å². The van der Waals surface area contributed by atoms with Crippen LogP contribution in [0.5, 0.6) is 0 Å². The van der Waals surface area contributed by atoms with Gasteiger partial charge in [-0.25, -0.2) is 4.98 Å². The normalized spacial score (nSPS) is 19.6. The Labute approximate surface area is 210 Å². The Morgan fingerprint density at radius 3 is 2.74 bits per heavy atom. The van der Waals surface area contributed by atoms with Crippen LogP contribution in [0, 0.1) is 6.92 Å². The van der Waals surface area contributed by atoms with Gasteiger partial charge >= 0.3 is 0 Å². The highest BCUT2D eigenvalue weighted by atomic mass is 35.5. The van der Waals surface area contributed by atoms with E-state index in [9.17, 15) is 14.4 Å². The van der Waals surface area contributed by atoms with Crippen LogP contribution in [0.3, 0.4) is 0 Å². The van der Waals surface area contributed by atoms with Crippen molar-refractivity contribution in [2.75, 3.05) is 18.5 Å². The van der Waals surface area contributed by atoms with Gasteiger partial charge in [0.2, 0.25) is 5.91 Å². The summed E-state index contributed by atoms with van der Waals surface area (Å²) < 4.78 is 7.15. The van der Waals surface area contributed by atoms with E-state index in [-0.39, 0.29) is 41.9 Å². The fraction of sp³-hybridized carbons (Fsp3) is 0.520. The van der Waals surface area contributed by atoms with Gasteiger partial charge in [0.15, 0.2) is 5.69 Å². The third kappa shape index (κ3) is 5.06. The maximum Gasteiger partial charge on any atom is 0.276 e. The number of carbonyl (C=O) groups excluding carboxylic acids is 3. The van der Waals surface area contributed by atoms with Crippen molar-refractivity contribution in [1.82, 2.24) is 19.8 Å². The number of halogens is 1. The second-order valence-corrected chi connectivity index (χ2v) is 10.1. The minimum Gasteiger partial charge on any atom is -0.379 e. The number of imidazole rings is 1. The van der Waals surface area contributed by atoms with Gasteiger partial charge in [-0.1, -0.05) is 17.7 Å². The summed E-state index contributed by atoms with van der Waals surface area (Å²) in [5, 5.41) is 6.31. The molecular weight excluding hydrogens is 470 g/mol. The molecular formula is C25H32ClN5O4. The van der Waals surface area contributed by atoms with E-state index >= 15 is 0 Å². The first kappa shape index (κ1) is 25.2. The van der Waals surface area contributed by atoms with Crippen LogP contribution in [0.25, 0.3) is 0 Å². The molecule has 2 aromatic rings. The summed E-state index contributed by atoms with van der Waals surface area (Å²) in [6.07, 6.45) is 3.93. The van der Waals surface area contributed by atoms with E-state index in [0.29, 0.717) is 30.3 Å². The zero-order valence-electron chi connectivity index (χ0n) is 20.6. The Morgan fingerprint density at radius 1 is 1.31 bits per heavy atom. The number of hydrogen-bond donors (Lipinski definition) is 2. The molecule has 9 nitrogen and oxygen atoms in total. The van der Waals surface area contributed by atoms with Crippen molar-refractivity contribution < 1.29 is 19.1 Å². The van der Waals surface area contributed by atoms with Crippen LogP contribution in [-0.4, -0.2) is 63.0 Å². The lowest BCUT2D eigenvalue weighted by Crippen LogP contribution is -2.64. The van der Waals surface area contributed by atoms with Gasteiger partial charge in [-0.15, -0.1) is 0 Å². The molecule has 1 aliphatic carbocycles. The zero-order chi connectivity index (χ0) is 25.3. The topological polar surface area (TPSA) is 106 Å². The molecule has 0 radical (unpaired) electrons. The molecule has 0 saturated heterocycles. The largest absolute Gasteiger partial charge is 0.379 e. The number of benzene rings is 1. The summed E-state index contributed by atoms with van der Waals surface area (Å²) in [6.45, 7) is 8.74. The highest BCUT2D eigenvalue weighted by Gasteiger charge is 2.53. The highest BCUT2D eigenvalue weighted by Crippen LogP contribution is 2.39. The Morgan fingerprint density at radius 2 is 2.06 bits per heavy atom. The summed E-state index contributed by atoms with van der Waals surface area (Å²) in [4.78, 5) is 46.0. The fourth-order valence-electron chi connectivity index (χ4n) is 4.43. The van der Waals surface area contributed by atoms with Crippen molar-refractivity contribution in [3.8, 4) is 0 Å². The monoisotopic (exact) mass is 501 g/mol. The summed E-state index contributed by atoms with van der Waals surface area (Å²) in [6, 6.07) is 5.20. The Kier molecular flexibility index (Phi) is 7.19. The average Bonchev–Trinajstić information content (AvgIpc) is 3.54. The molecule has 0 bridgehead atoms. The number of nitrogens with one attached hydrogen (secondary N) is 2. The smallest absolute Gasteiger partial charge is 0.276 e. The van der Waals surface area contributed by atoms with E-state index in [1.807, 2.05) is 13.8 Å². The molecule has 1 aromatic heterocycles. The number of hydrogen-bond acceptors (Lipinski definition) is 5. The molecule has 1 aromatic carbocycles. The van der Waals surface area contributed by atoms with E-state index in [1.54, 1.807) is 41.5 Å². The molecule has 35 heavy (non-hydrogen) atoms. The maximum atomic E-state index is 13.7. The first-order chi connectivity index (χ1) is 16.6. The van der Waals surface area contributed by atoms with E-state index < -0.39 is 11.4 Å². The molecule has 0 unspecified atom stereocenters. The van der Waals surface area contributed by atoms with Crippen molar-refractivity contribution in [2.24, 2.45) is 0 Å². The lowest BCUT2D eigenvalue weighted by molar-refractivity contribution is -0.133. The van der Waals surface area contributed by atoms with Crippen molar-refractivity contribution >= 4 is 35.0 Å². The number of anilines is 1. The minimum absolute atomic E-state index is 0.0303. The zero-order valence-corrected chi connectivity index (χ0v) is 21.3. The molecule has 1 fully saturated rings. The molecule has 0 spiro atoms. The fourth-order valence-corrected chi connectivity index (χ4v) is 4.60. The molecule has 2 N–H and O–H groups in total. The van der Waals surface area contributed by atoms with E-state index in [1.165, 1.54) is 6.33 Å². The van der Waals surface area contributed by atoms with Gasteiger partial charge in [0, 0.05) is 29.9 Å². The summed E-state index contributed by atoms with van der Waals surface area (Å²) in [5.41, 5.74) is 0.432. The molecule has 188 valence electrons. The number of nitrogens with zero attached hydrogens (tertiary/aromatic N) is 3. The number of ether oxygens (including phenoxy) is 1. The molecule has 10 heteroatoms. The second-order valence-electron chi connectivity index (χ2n) is 9.65. The Hall–Kier alpha value is -2.91. The third-order valence-electron chi connectivity index (χ3n) is 6.46. The van der Waals surface area contributed by atoms with Gasteiger partial charge < -0.3 is 24.8 Å². The Bertz CT molecular complexity index is 1140. The average molecular weight is 502 g/mol. The molecule has 4 rings (SSSR count). The summed E-state index contributed by atoms with van der Waals surface area (Å²) in [7, 11) is 0. The van der Waals surface area contributed by atoms with Gasteiger partial charge in [-0.2, -0.15) is 0 Å². The molecule has 3 amide bonds. The SMILES string of the molecule is Cc1c(Cl)cccc1NC(=O)c1ncn2c1C(=O)N(C1CC1)[C@@](C)(C(=O)NCCCOC(C)C)C2. The molecule has 2 aliphatic rings. The van der Waals surface area contributed by atoms with Crippen LogP contribution >= 0.6 is 11.6 Å². The van der Waals surface area contributed by atoms with Crippen molar-refractivity contribution in [3.63, 3.8) is 0 Å². The summed E-state index contributed by atoms with van der Waals surface area (Å²) >= 11 is 6.17. The van der Waals surface area contributed by atoms with Gasteiger partial charge in [-0.05, 0) is 64.7 Å². The maximum absolute atomic E-state index is 13.7. The Balaban J connectivity index is 1.54. The number of rotatable bonds is 9. The van der Waals surface area contributed by atoms with Gasteiger partial charge in [0.1, 0.15) is 11.2 Å². The van der Waals surface area contributed by atoms with Gasteiger partial charge in [-0.3, -0.25) is 14.4 Å². The van der Waals surface area contributed by atoms with Crippen molar-refractivity contribution in [1.29, 1.82) is 0 Å². The molecule has 1 aliphatic heterocycles. The standard InChI is InChI=1S/C25H32ClN5O4/c1-15(2)35-12-6-11-27-24(34)25(4)13-30-14-28-20(21(30)23(33)31(25)17-9-10-17)22(32)29-19-8-5-7-18(26)16(19)3/h5,7-8,14-15,17H,6,9-13H2,1-4H3,(H,27,34)(H,29,32)/t25-/m1/s1. The van der Waals surface area contributed by atoms with Gasteiger partial charge in [0.05, 0.1) is 19.0 Å². The number of amides is 3. The van der Waals surface area contributed by atoms with E-state index in [0.717, 1.165) is 18.4 Å². The van der Waals surface area contributed by atoms with Crippen LogP contribution < -0.4 is 10.6 Å². The molecule has 2 heterocycles. The third-order valence-corrected chi connectivity index (χ3v) is 6.87. The number of aromatic nitrogens is 2. The van der Waals surface area contributed by atoms with Gasteiger partial charge in [0.25, 0.3) is 11.8 Å². The predicted molar refractivity (Wildman–Crippen MR) is 133 cm³/mol. The van der Waals surface area contributed by atoms with Crippen LogP contribution in [0.4, 0.5) is 5.69 Å². The lowest BCUT2D eigenvalue weighted by Gasteiger charge is -2.44. The van der Waals surface area contributed by atoms with E-state index in [4.69, 9.17) is 16.3 Å². The van der Waals surface area contributed by atoms with Crippen LogP contribution in [0.1, 0.15) is 66.6 Å². The first-order valence-electron chi connectivity index (χ1n) is 12.0. The molecule has 1 saturated carbocycles. The molecule has 1 atom stereocenters. The van der Waals surface area contributed by atoms with Crippen molar-refractivity contribution in [3.05, 3.63) is 46.5 Å². The predicted octanol–water partition coefficient (Wildman–Crippen LogP) is 3.41. The second kappa shape index (κ2) is 9.99. The van der Waals surface area contributed by atoms with Crippen molar-refractivity contribution in [2.45, 2.75) is 71.2 Å².